The SMILES string of the molecule is COc1ccc([C@@H]2S[C@H]3CCC[C@H]4ON=C2[C@@H]34)cc1. The molecule has 1 saturated heterocycles. The highest BCUT2D eigenvalue weighted by atomic mass is 32.2. The third-order valence-corrected chi connectivity index (χ3v) is 6.08. The first-order valence-electron chi connectivity index (χ1n) is 6.90. The van der Waals surface area contributed by atoms with E-state index >= 15 is 0 Å². The predicted molar refractivity (Wildman–Crippen MR) is 76.8 cm³/mol. The second-order valence-corrected chi connectivity index (χ2v) is 6.79. The Morgan fingerprint density at radius 2 is 2.11 bits per heavy atom. The maximum absolute atomic E-state index is 5.64. The molecule has 4 rings (SSSR count). The highest BCUT2D eigenvalue weighted by molar-refractivity contribution is 8.01. The molecule has 1 saturated carbocycles. The molecule has 1 aliphatic carbocycles. The van der Waals surface area contributed by atoms with Gasteiger partial charge >= 0.3 is 0 Å². The minimum Gasteiger partial charge on any atom is -0.497 e. The normalized spacial score (nSPS) is 35.5. The molecule has 19 heavy (non-hydrogen) atoms. The lowest BCUT2D eigenvalue weighted by Gasteiger charge is -2.26. The molecule has 1 aromatic rings. The van der Waals surface area contributed by atoms with Crippen LogP contribution >= 0.6 is 11.8 Å². The first-order chi connectivity index (χ1) is 9.36. The van der Waals surface area contributed by atoms with Crippen molar-refractivity contribution in [1.82, 2.24) is 0 Å². The number of thioether (sulfide) groups is 1. The van der Waals surface area contributed by atoms with Gasteiger partial charge in [0.05, 0.1) is 24.0 Å². The lowest BCUT2D eigenvalue weighted by atomic mass is 9.82. The molecule has 0 bridgehead atoms. The summed E-state index contributed by atoms with van der Waals surface area (Å²) in [7, 11) is 1.70. The summed E-state index contributed by atoms with van der Waals surface area (Å²) in [6.07, 6.45) is 4.10. The Morgan fingerprint density at radius 3 is 2.89 bits per heavy atom. The average molecular weight is 275 g/mol. The zero-order valence-electron chi connectivity index (χ0n) is 10.9. The molecule has 0 amide bonds. The van der Waals surface area contributed by atoms with E-state index in [1.165, 1.54) is 30.5 Å². The van der Waals surface area contributed by atoms with Gasteiger partial charge in [-0.05, 0) is 37.0 Å². The molecule has 4 atom stereocenters. The van der Waals surface area contributed by atoms with E-state index < -0.39 is 0 Å². The van der Waals surface area contributed by atoms with Gasteiger partial charge in [-0.3, -0.25) is 0 Å². The van der Waals surface area contributed by atoms with Gasteiger partial charge in [0.2, 0.25) is 0 Å². The van der Waals surface area contributed by atoms with Crippen molar-refractivity contribution in [2.75, 3.05) is 7.11 Å². The number of hydrogen-bond donors (Lipinski definition) is 0. The van der Waals surface area contributed by atoms with Gasteiger partial charge in [0, 0.05) is 5.25 Å². The van der Waals surface area contributed by atoms with Crippen LogP contribution in [0, 0.1) is 5.92 Å². The summed E-state index contributed by atoms with van der Waals surface area (Å²) in [4.78, 5) is 5.64. The van der Waals surface area contributed by atoms with Crippen LogP contribution in [0.25, 0.3) is 0 Å². The molecule has 2 fully saturated rings. The van der Waals surface area contributed by atoms with Crippen LogP contribution in [-0.2, 0) is 4.84 Å². The summed E-state index contributed by atoms with van der Waals surface area (Å²) in [6.45, 7) is 0. The first-order valence-corrected chi connectivity index (χ1v) is 7.84. The number of benzene rings is 1. The largest absolute Gasteiger partial charge is 0.497 e. The minimum atomic E-state index is 0.351. The van der Waals surface area contributed by atoms with Gasteiger partial charge < -0.3 is 9.57 Å². The van der Waals surface area contributed by atoms with Gasteiger partial charge in [0.1, 0.15) is 11.9 Å². The Bertz CT molecular complexity index is 513. The summed E-state index contributed by atoms with van der Waals surface area (Å²) in [5.41, 5.74) is 2.59. The molecule has 2 heterocycles. The van der Waals surface area contributed by atoms with Gasteiger partial charge in [-0.2, -0.15) is 0 Å². The second kappa shape index (κ2) is 4.44. The van der Waals surface area contributed by atoms with Crippen molar-refractivity contribution in [1.29, 1.82) is 0 Å². The van der Waals surface area contributed by atoms with E-state index in [-0.39, 0.29) is 0 Å². The Morgan fingerprint density at radius 1 is 1.26 bits per heavy atom. The van der Waals surface area contributed by atoms with Crippen LogP contribution in [-0.4, -0.2) is 24.2 Å². The molecule has 0 spiro atoms. The average Bonchev–Trinajstić information content (AvgIpc) is 3.05. The lowest BCUT2D eigenvalue weighted by molar-refractivity contribution is 0.0418. The van der Waals surface area contributed by atoms with Crippen molar-refractivity contribution < 1.29 is 9.57 Å². The van der Waals surface area contributed by atoms with E-state index in [1.807, 2.05) is 12.1 Å². The fraction of sp³-hybridized carbons (Fsp3) is 0.533. The van der Waals surface area contributed by atoms with Crippen LogP contribution in [0.5, 0.6) is 5.75 Å². The third-order valence-electron chi connectivity index (χ3n) is 4.41. The second-order valence-electron chi connectivity index (χ2n) is 5.44. The maximum atomic E-state index is 5.64. The lowest BCUT2D eigenvalue weighted by Crippen LogP contribution is -2.32. The maximum Gasteiger partial charge on any atom is 0.136 e. The number of oxime groups is 1. The third kappa shape index (κ3) is 1.76. The summed E-state index contributed by atoms with van der Waals surface area (Å²) in [5, 5.41) is 5.49. The van der Waals surface area contributed by atoms with Gasteiger partial charge in [0.25, 0.3) is 0 Å². The quantitative estimate of drug-likeness (QED) is 0.828. The summed E-state index contributed by atoms with van der Waals surface area (Å²) in [5.74, 6) is 1.47. The highest BCUT2D eigenvalue weighted by Gasteiger charge is 2.51. The van der Waals surface area contributed by atoms with Crippen molar-refractivity contribution in [3.05, 3.63) is 29.8 Å². The molecule has 0 N–H and O–H groups in total. The zero-order valence-corrected chi connectivity index (χ0v) is 11.7. The van der Waals surface area contributed by atoms with Crippen LogP contribution in [0.1, 0.15) is 30.1 Å². The Balaban J connectivity index is 1.65. The van der Waals surface area contributed by atoms with E-state index in [2.05, 4.69) is 29.1 Å². The molecule has 0 aromatic heterocycles. The van der Waals surface area contributed by atoms with Crippen LogP contribution in [0.3, 0.4) is 0 Å². The fourth-order valence-corrected chi connectivity index (χ4v) is 5.25. The van der Waals surface area contributed by atoms with E-state index in [0.717, 1.165) is 5.75 Å². The molecular formula is C15H17NO2S. The van der Waals surface area contributed by atoms with E-state index in [0.29, 0.717) is 22.5 Å². The van der Waals surface area contributed by atoms with Crippen molar-refractivity contribution >= 4 is 17.5 Å². The Hall–Kier alpha value is -1.16. The molecule has 2 aliphatic heterocycles. The van der Waals surface area contributed by atoms with Crippen molar-refractivity contribution in [3.8, 4) is 5.75 Å². The van der Waals surface area contributed by atoms with Gasteiger partial charge in [-0.15, -0.1) is 11.8 Å². The monoisotopic (exact) mass is 275 g/mol. The van der Waals surface area contributed by atoms with E-state index in [4.69, 9.17) is 9.57 Å². The van der Waals surface area contributed by atoms with Gasteiger partial charge in [-0.25, -0.2) is 0 Å². The van der Waals surface area contributed by atoms with Crippen LogP contribution in [0.2, 0.25) is 0 Å². The van der Waals surface area contributed by atoms with Gasteiger partial charge in [-0.1, -0.05) is 17.3 Å². The fourth-order valence-electron chi connectivity index (χ4n) is 3.46. The molecule has 1 aromatic carbocycles. The van der Waals surface area contributed by atoms with Crippen LogP contribution < -0.4 is 4.74 Å². The topological polar surface area (TPSA) is 30.8 Å². The van der Waals surface area contributed by atoms with E-state index in [1.54, 1.807) is 7.11 Å². The molecule has 0 unspecified atom stereocenters. The van der Waals surface area contributed by atoms with Gasteiger partial charge in [0.15, 0.2) is 0 Å². The standard InChI is InChI=1S/C15H17NO2S/c1-17-10-7-5-9(6-8-10)15-14-13-11(18-16-14)3-2-4-12(13)19-15/h5-8,11-13,15H,2-4H2,1H3/t11-,12+,13-,15+/m1/s1. The molecule has 3 nitrogen and oxygen atoms in total. The first kappa shape index (κ1) is 11.6. The van der Waals surface area contributed by atoms with Crippen LogP contribution in [0.15, 0.2) is 29.4 Å². The molecule has 100 valence electrons. The minimum absolute atomic E-state index is 0.351. The molecular weight excluding hydrogens is 258 g/mol. The predicted octanol–water partition coefficient (Wildman–Crippen LogP) is 3.41. The molecule has 4 heteroatoms. The van der Waals surface area contributed by atoms with Crippen molar-refractivity contribution in [3.63, 3.8) is 0 Å². The molecule has 0 radical (unpaired) electrons. The van der Waals surface area contributed by atoms with Crippen molar-refractivity contribution in [2.45, 2.75) is 35.9 Å². The van der Waals surface area contributed by atoms with Crippen LogP contribution in [0.4, 0.5) is 0 Å². The summed E-state index contributed by atoms with van der Waals surface area (Å²) < 4.78 is 5.23. The highest BCUT2D eigenvalue weighted by Crippen LogP contribution is 2.54. The Kier molecular flexibility index (Phi) is 2.72. The number of ether oxygens (including phenoxy) is 1. The number of hydrogen-bond acceptors (Lipinski definition) is 4. The van der Waals surface area contributed by atoms with Crippen molar-refractivity contribution in [2.24, 2.45) is 11.1 Å². The number of rotatable bonds is 2. The molecule has 3 aliphatic rings. The summed E-state index contributed by atoms with van der Waals surface area (Å²) in [6, 6.07) is 8.38. The van der Waals surface area contributed by atoms with E-state index in [9.17, 15) is 0 Å². The number of nitrogens with zero attached hydrogens (tertiary/aromatic N) is 1. The Labute approximate surface area is 117 Å². The smallest absolute Gasteiger partial charge is 0.136 e. The summed E-state index contributed by atoms with van der Waals surface area (Å²) >= 11 is 2.07. The zero-order chi connectivity index (χ0) is 12.8. The number of methoxy groups -OCH3 is 1.